The Balaban J connectivity index is 1.40. The number of carbonyl (C=O) groups is 1. The SMILES string of the molecule is C=CC[C@H]1CCC[C@]2(CCC[C@@H]2[C@@H](C)/C=C/[C@H](/C=C(\Cl)CCO[Si](c2ccccc2)(c2ccccc2)C(C)(C)C)O[Si](c2ccccc2)(c2ccccc2)C(C)(C)C)N1CC(=C)C(=O)OC. The van der Waals surface area contributed by atoms with Crippen LogP contribution in [0.3, 0.4) is 0 Å². The van der Waals surface area contributed by atoms with Crippen molar-refractivity contribution >= 4 is 55.0 Å². The fraction of sp³-hybridized carbons (Fsp3) is 0.431. The van der Waals surface area contributed by atoms with Gasteiger partial charge in [0.1, 0.15) is 0 Å². The van der Waals surface area contributed by atoms with E-state index < -0.39 is 22.7 Å². The molecule has 0 radical (unpaired) electrons. The van der Waals surface area contributed by atoms with Crippen molar-refractivity contribution in [1.82, 2.24) is 4.90 Å². The first-order valence-corrected chi connectivity index (χ1v) is 28.5. The zero-order valence-electron chi connectivity index (χ0n) is 41.1. The zero-order valence-corrected chi connectivity index (χ0v) is 43.9. The van der Waals surface area contributed by atoms with Gasteiger partial charge in [-0.2, -0.15) is 0 Å². The monoisotopic (exact) mass is 942 g/mol. The molecule has 0 unspecified atom stereocenters. The summed E-state index contributed by atoms with van der Waals surface area (Å²) in [5.74, 6) is 0.263. The zero-order chi connectivity index (χ0) is 47.6. The fourth-order valence-electron chi connectivity index (χ4n) is 11.7. The van der Waals surface area contributed by atoms with Crippen LogP contribution in [0, 0.1) is 11.8 Å². The highest BCUT2D eigenvalue weighted by Crippen LogP contribution is 2.52. The number of nitrogens with zero attached hydrogens (tertiary/aromatic N) is 1. The van der Waals surface area contributed by atoms with Gasteiger partial charge in [-0.15, -0.1) is 6.58 Å². The van der Waals surface area contributed by atoms with Gasteiger partial charge in [-0.25, -0.2) is 4.79 Å². The van der Waals surface area contributed by atoms with Gasteiger partial charge in [0.2, 0.25) is 0 Å². The van der Waals surface area contributed by atoms with Crippen LogP contribution in [0.2, 0.25) is 10.1 Å². The Kier molecular flexibility index (Phi) is 17.4. The molecule has 0 N–H and O–H groups in total. The van der Waals surface area contributed by atoms with Crippen LogP contribution in [0.5, 0.6) is 0 Å². The number of benzene rings is 4. The maximum atomic E-state index is 12.8. The molecule has 0 bridgehead atoms. The predicted molar refractivity (Wildman–Crippen MR) is 283 cm³/mol. The van der Waals surface area contributed by atoms with Crippen LogP contribution in [0.1, 0.15) is 99.8 Å². The molecule has 8 heteroatoms. The first kappa shape index (κ1) is 51.3. The molecule has 6 rings (SSSR count). The summed E-state index contributed by atoms with van der Waals surface area (Å²) in [5, 5.41) is 5.28. The number of piperidine rings is 1. The summed E-state index contributed by atoms with van der Waals surface area (Å²) in [6.45, 7) is 25.6. The second-order valence-electron chi connectivity index (χ2n) is 20.8. The maximum Gasteiger partial charge on any atom is 0.334 e. The molecule has 1 aliphatic heterocycles. The molecule has 66 heavy (non-hydrogen) atoms. The minimum Gasteiger partial charge on any atom is -0.466 e. The number of methoxy groups -OCH3 is 1. The highest BCUT2D eigenvalue weighted by molar-refractivity contribution is 7.00. The van der Waals surface area contributed by atoms with Crippen molar-refractivity contribution < 1.29 is 18.4 Å². The van der Waals surface area contributed by atoms with E-state index in [-0.39, 0.29) is 27.5 Å². The molecule has 2 fully saturated rings. The molecule has 1 saturated heterocycles. The molecule has 4 aromatic rings. The van der Waals surface area contributed by atoms with E-state index in [0.717, 1.165) is 50.0 Å². The number of allylic oxidation sites excluding steroid dienone is 1. The minimum absolute atomic E-state index is 0.0627. The lowest BCUT2D eigenvalue weighted by molar-refractivity contribution is -0.137. The Labute approximate surface area is 405 Å². The normalized spacial score (nSPS) is 20.9. The Morgan fingerprint density at radius 1 is 0.773 bits per heavy atom. The lowest BCUT2D eigenvalue weighted by atomic mass is 9.70. The van der Waals surface area contributed by atoms with Crippen LogP contribution in [-0.4, -0.2) is 65.5 Å². The van der Waals surface area contributed by atoms with Gasteiger partial charge in [0.25, 0.3) is 16.6 Å². The van der Waals surface area contributed by atoms with E-state index in [2.05, 4.69) is 206 Å². The van der Waals surface area contributed by atoms with Gasteiger partial charge in [0.15, 0.2) is 0 Å². The molecule has 2 aliphatic rings. The minimum atomic E-state index is -3.01. The molecule has 0 aromatic heterocycles. The van der Waals surface area contributed by atoms with Gasteiger partial charge >= 0.3 is 5.97 Å². The number of rotatable bonds is 19. The van der Waals surface area contributed by atoms with Gasteiger partial charge in [-0.05, 0) is 80.8 Å². The highest BCUT2D eigenvalue weighted by atomic mass is 35.5. The molecular weight excluding hydrogens is 866 g/mol. The van der Waals surface area contributed by atoms with Crippen molar-refractivity contribution in [3.05, 3.63) is 169 Å². The highest BCUT2D eigenvalue weighted by Gasteiger charge is 2.54. The quantitative estimate of drug-likeness (QED) is 0.0406. The number of ether oxygens (including phenoxy) is 1. The first-order chi connectivity index (χ1) is 31.5. The third-order valence-electron chi connectivity index (χ3n) is 14.6. The van der Waals surface area contributed by atoms with E-state index in [4.69, 9.17) is 25.2 Å². The maximum absolute atomic E-state index is 12.8. The van der Waals surface area contributed by atoms with E-state index in [0.29, 0.717) is 37.1 Å². The molecule has 352 valence electrons. The fourth-order valence-corrected chi connectivity index (χ4v) is 21.0. The second kappa shape index (κ2) is 22.3. The first-order valence-electron chi connectivity index (χ1n) is 24.3. The summed E-state index contributed by atoms with van der Waals surface area (Å²) in [6, 6.07) is 43.6. The Bertz CT molecular complexity index is 2170. The van der Waals surface area contributed by atoms with Crippen LogP contribution < -0.4 is 20.7 Å². The van der Waals surface area contributed by atoms with Crippen LogP contribution in [-0.2, 0) is 18.4 Å². The topological polar surface area (TPSA) is 48.0 Å². The van der Waals surface area contributed by atoms with Crippen LogP contribution in [0.15, 0.2) is 169 Å². The van der Waals surface area contributed by atoms with E-state index in [1.54, 1.807) is 0 Å². The molecule has 0 amide bonds. The molecule has 1 heterocycles. The third kappa shape index (κ3) is 10.9. The van der Waals surface area contributed by atoms with Crippen molar-refractivity contribution in [2.24, 2.45) is 11.8 Å². The Morgan fingerprint density at radius 3 is 1.70 bits per heavy atom. The van der Waals surface area contributed by atoms with E-state index >= 15 is 0 Å². The summed E-state index contributed by atoms with van der Waals surface area (Å²) in [7, 11) is -4.33. The van der Waals surface area contributed by atoms with Crippen molar-refractivity contribution in [2.45, 2.75) is 128 Å². The predicted octanol–water partition coefficient (Wildman–Crippen LogP) is 11.9. The molecule has 5 atom stereocenters. The van der Waals surface area contributed by atoms with E-state index in [1.807, 2.05) is 6.08 Å². The van der Waals surface area contributed by atoms with E-state index in [1.165, 1.54) is 27.9 Å². The summed E-state index contributed by atoms with van der Waals surface area (Å²) >= 11 is 7.49. The summed E-state index contributed by atoms with van der Waals surface area (Å²) < 4.78 is 20.4. The van der Waals surface area contributed by atoms with E-state index in [9.17, 15) is 4.79 Å². The summed E-state index contributed by atoms with van der Waals surface area (Å²) in [4.78, 5) is 15.4. The Hall–Kier alpha value is -4.09. The lowest BCUT2D eigenvalue weighted by Crippen LogP contribution is -2.67. The van der Waals surface area contributed by atoms with Gasteiger partial charge < -0.3 is 13.6 Å². The average molecular weight is 943 g/mol. The van der Waals surface area contributed by atoms with Crippen molar-refractivity contribution in [2.75, 3.05) is 20.3 Å². The summed E-state index contributed by atoms with van der Waals surface area (Å²) in [6.07, 6.45) is 16.6. The van der Waals surface area contributed by atoms with Crippen LogP contribution in [0.4, 0.5) is 0 Å². The number of hydrogen-bond acceptors (Lipinski definition) is 5. The lowest BCUT2D eigenvalue weighted by Gasteiger charge is -2.54. The Morgan fingerprint density at radius 2 is 1.24 bits per heavy atom. The smallest absolute Gasteiger partial charge is 0.334 e. The van der Waals surface area contributed by atoms with Gasteiger partial charge in [0, 0.05) is 41.8 Å². The number of likely N-dealkylation sites (tertiary alicyclic amines) is 1. The van der Waals surface area contributed by atoms with Gasteiger partial charge in [-0.1, -0.05) is 219 Å². The number of halogens is 1. The molecule has 1 saturated carbocycles. The molecule has 1 aliphatic carbocycles. The van der Waals surface area contributed by atoms with Crippen LogP contribution >= 0.6 is 11.6 Å². The number of carbonyl (C=O) groups excluding carboxylic acids is 1. The van der Waals surface area contributed by atoms with Crippen molar-refractivity contribution in [1.29, 1.82) is 0 Å². The van der Waals surface area contributed by atoms with Gasteiger partial charge in [0.05, 0.1) is 13.2 Å². The second-order valence-corrected chi connectivity index (χ2v) is 29.8. The van der Waals surface area contributed by atoms with Gasteiger partial charge in [-0.3, -0.25) is 4.90 Å². The standard InChI is InChI=1S/C58H76ClNO4Si2/c1-11-26-48-27-24-40-58(60(48)44-46(3)55(61)62-10)41-25-36-54(58)45(2)37-38-49(64-66(57(7,8)9,52-32-20-14-21-33-52)53-34-22-15-23-35-53)43-47(59)39-42-63-65(56(4,5)6,50-28-16-12-17-29-50)51-30-18-13-19-31-51/h11-23,28-35,37-38,43,45,48-49,54H,1,3,24-27,36,39-42,44H2,2,4-10H3/b38-37+,47-43-/t45-,48-,49+,54+,58+/m0/s1. The molecule has 5 nitrogen and oxygen atoms in total. The van der Waals surface area contributed by atoms with Crippen LogP contribution in [0.25, 0.3) is 0 Å². The molecule has 4 aromatic carbocycles. The molecule has 1 spiro atoms. The largest absolute Gasteiger partial charge is 0.466 e. The van der Waals surface area contributed by atoms with Crippen molar-refractivity contribution in [3.63, 3.8) is 0 Å². The molecular formula is C58H76ClNO4Si2. The number of hydrogen-bond donors (Lipinski definition) is 0. The summed E-state index contributed by atoms with van der Waals surface area (Å²) in [5.41, 5.74) is 0.450. The third-order valence-corrected chi connectivity index (χ3v) is 25.0. The number of esters is 1. The average Bonchev–Trinajstić information content (AvgIpc) is 3.73. The van der Waals surface area contributed by atoms with Crippen molar-refractivity contribution in [3.8, 4) is 0 Å².